The van der Waals surface area contributed by atoms with E-state index in [-0.39, 0.29) is 45.2 Å². The summed E-state index contributed by atoms with van der Waals surface area (Å²) < 4.78 is 77.3. The van der Waals surface area contributed by atoms with E-state index in [1.807, 2.05) is 0 Å². The number of hydrogen-bond donors (Lipinski definition) is 0. The van der Waals surface area contributed by atoms with Gasteiger partial charge in [-0.05, 0) is 42.5 Å². The van der Waals surface area contributed by atoms with E-state index in [0.717, 1.165) is 12.1 Å². The first-order valence-electron chi connectivity index (χ1n) is 11.3. The molecule has 194 valence electrons. The molecule has 0 fully saturated rings. The monoisotopic (exact) mass is 562 g/mol. The van der Waals surface area contributed by atoms with Gasteiger partial charge in [-0.25, -0.2) is 8.78 Å². The van der Waals surface area contributed by atoms with Gasteiger partial charge in [0, 0.05) is 27.1 Å². The van der Waals surface area contributed by atoms with E-state index in [4.69, 9.17) is 27.9 Å². The van der Waals surface area contributed by atoms with Crippen molar-refractivity contribution in [3.8, 4) is 17.0 Å². The molecular weight excluding hydrogens is 546 g/mol. The van der Waals surface area contributed by atoms with Gasteiger partial charge in [0.15, 0.2) is 0 Å². The molecule has 0 bridgehead atoms. The molecule has 0 saturated heterocycles. The molecule has 0 saturated carbocycles. The third-order valence-corrected chi connectivity index (χ3v) is 6.55. The molecule has 0 aliphatic carbocycles. The highest BCUT2D eigenvalue weighted by Crippen LogP contribution is 2.39. The molecule has 0 unspecified atom stereocenters. The van der Waals surface area contributed by atoms with Crippen LogP contribution >= 0.6 is 23.2 Å². The van der Waals surface area contributed by atoms with Crippen LogP contribution in [0.15, 0.2) is 78.9 Å². The minimum atomic E-state index is -4.65. The van der Waals surface area contributed by atoms with Crippen LogP contribution < -0.4 is 4.74 Å². The first kappa shape index (κ1) is 26.0. The number of benzene rings is 4. The van der Waals surface area contributed by atoms with Gasteiger partial charge >= 0.3 is 6.18 Å². The van der Waals surface area contributed by atoms with E-state index in [1.165, 1.54) is 41.1 Å². The lowest BCUT2D eigenvalue weighted by Crippen LogP contribution is -2.07. The number of ether oxygens (including phenoxy) is 1. The number of alkyl halides is 3. The maximum Gasteiger partial charge on any atom is 0.418 e. The predicted octanol–water partition coefficient (Wildman–Crippen LogP) is 8.93. The van der Waals surface area contributed by atoms with Crippen LogP contribution in [-0.2, 0) is 19.3 Å². The smallest absolute Gasteiger partial charge is 0.418 e. The zero-order valence-corrected chi connectivity index (χ0v) is 20.9. The maximum absolute atomic E-state index is 14.6. The molecule has 38 heavy (non-hydrogen) atoms. The molecule has 0 N–H and O–H groups in total. The molecule has 4 aromatic carbocycles. The zero-order chi connectivity index (χ0) is 27.0. The highest BCUT2D eigenvalue weighted by Gasteiger charge is 2.34. The largest absolute Gasteiger partial charge is 0.489 e. The van der Waals surface area contributed by atoms with E-state index >= 15 is 0 Å². The molecule has 5 aromatic rings. The van der Waals surface area contributed by atoms with Gasteiger partial charge in [0.1, 0.15) is 29.5 Å². The molecule has 0 spiro atoms. The van der Waals surface area contributed by atoms with Gasteiger partial charge in [0.05, 0.1) is 22.8 Å². The molecule has 1 aromatic heterocycles. The summed E-state index contributed by atoms with van der Waals surface area (Å²) >= 11 is 11.9. The summed E-state index contributed by atoms with van der Waals surface area (Å²) in [7, 11) is 0. The second-order valence-electron chi connectivity index (χ2n) is 8.46. The molecule has 10 heteroatoms. The van der Waals surface area contributed by atoms with Crippen LogP contribution in [0.4, 0.5) is 22.0 Å². The maximum atomic E-state index is 14.6. The molecular formula is C28H17Cl2F5N2O. The third-order valence-electron chi connectivity index (χ3n) is 5.96. The molecule has 0 amide bonds. The van der Waals surface area contributed by atoms with Crippen LogP contribution in [0.1, 0.15) is 16.7 Å². The number of rotatable bonds is 6. The topological polar surface area (TPSA) is 27.1 Å². The summed E-state index contributed by atoms with van der Waals surface area (Å²) in [6, 6.07) is 18.7. The quantitative estimate of drug-likeness (QED) is 0.193. The molecule has 5 rings (SSSR count). The Hall–Kier alpha value is -3.62. The number of nitrogens with zero attached hydrogens (tertiary/aromatic N) is 2. The second kappa shape index (κ2) is 10.3. The summed E-state index contributed by atoms with van der Waals surface area (Å²) in [5, 5.41) is 4.87. The van der Waals surface area contributed by atoms with Crippen LogP contribution in [0.25, 0.3) is 22.2 Å². The Balaban J connectivity index is 1.60. The van der Waals surface area contributed by atoms with Crippen molar-refractivity contribution >= 4 is 34.1 Å². The van der Waals surface area contributed by atoms with Crippen LogP contribution in [0.3, 0.4) is 0 Å². The van der Waals surface area contributed by atoms with Crippen LogP contribution in [0.2, 0.25) is 10.0 Å². The third kappa shape index (κ3) is 5.19. The fraction of sp³-hybridized carbons (Fsp3) is 0.107. The van der Waals surface area contributed by atoms with Crippen molar-refractivity contribution < 1.29 is 26.7 Å². The molecule has 0 atom stereocenters. The minimum absolute atomic E-state index is 0.153. The number of halogens is 7. The Morgan fingerprint density at radius 1 is 0.842 bits per heavy atom. The van der Waals surface area contributed by atoms with Gasteiger partial charge in [0.2, 0.25) is 0 Å². The number of hydrogen-bond acceptors (Lipinski definition) is 2. The van der Waals surface area contributed by atoms with Crippen molar-refractivity contribution in [3.05, 3.63) is 117 Å². The SMILES string of the molecule is Fc1cc(Cl)ccc1Cn1nc2c(C(F)(F)F)cccc2c1-c1cccc(OCc2c(F)cccc2Cl)c1. The number of fused-ring (bicyclic) bond motifs is 1. The standard InChI is InChI=1S/C28H17Cl2F5N2O/c29-18-11-10-17(25(32)13-18)14-37-27(20-6-2-7-22(26(20)36-37)28(33,34)35)16-4-1-5-19(12-16)38-15-21-23(30)8-3-9-24(21)31/h1-13H,14-15H2. The van der Waals surface area contributed by atoms with E-state index in [2.05, 4.69) is 5.10 Å². The highest BCUT2D eigenvalue weighted by molar-refractivity contribution is 6.31. The average molecular weight is 563 g/mol. The molecule has 1 heterocycles. The van der Waals surface area contributed by atoms with E-state index in [0.29, 0.717) is 17.0 Å². The molecule has 0 radical (unpaired) electrons. The average Bonchev–Trinajstić information content (AvgIpc) is 3.23. The first-order valence-corrected chi connectivity index (χ1v) is 12.0. The van der Waals surface area contributed by atoms with Gasteiger partial charge in [0.25, 0.3) is 0 Å². The Morgan fingerprint density at radius 2 is 1.61 bits per heavy atom. The van der Waals surface area contributed by atoms with E-state index < -0.39 is 23.4 Å². The summed E-state index contributed by atoms with van der Waals surface area (Å²) in [6.45, 7) is -0.316. The molecule has 0 aliphatic rings. The minimum Gasteiger partial charge on any atom is -0.489 e. The Bertz CT molecular complexity index is 1630. The van der Waals surface area contributed by atoms with Crippen molar-refractivity contribution in [3.63, 3.8) is 0 Å². The van der Waals surface area contributed by atoms with Gasteiger partial charge in [-0.1, -0.05) is 59.6 Å². The lowest BCUT2D eigenvalue weighted by molar-refractivity contribution is -0.136. The fourth-order valence-electron chi connectivity index (χ4n) is 4.17. The Labute approximate surface area is 224 Å². The zero-order valence-electron chi connectivity index (χ0n) is 19.4. The van der Waals surface area contributed by atoms with Crippen molar-refractivity contribution in [2.24, 2.45) is 0 Å². The molecule has 0 aliphatic heterocycles. The van der Waals surface area contributed by atoms with Crippen molar-refractivity contribution in [2.45, 2.75) is 19.3 Å². The summed E-state index contributed by atoms with van der Waals surface area (Å²) in [5.74, 6) is -0.812. The van der Waals surface area contributed by atoms with Crippen LogP contribution in [0.5, 0.6) is 5.75 Å². The Kier molecular flexibility index (Phi) is 7.03. The fourth-order valence-corrected chi connectivity index (χ4v) is 4.55. The Morgan fingerprint density at radius 3 is 2.34 bits per heavy atom. The van der Waals surface area contributed by atoms with Crippen molar-refractivity contribution in [1.82, 2.24) is 9.78 Å². The van der Waals surface area contributed by atoms with Crippen LogP contribution in [0, 0.1) is 11.6 Å². The van der Waals surface area contributed by atoms with E-state index in [1.54, 1.807) is 30.3 Å². The lowest BCUT2D eigenvalue weighted by atomic mass is 10.0. The van der Waals surface area contributed by atoms with Crippen molar-refractivity contribution in [2.75, 3.05) is 0 Å². The van der Waals surface area contributed by atoms with Gasteiger partial charge in [-0.2, -0.15) is 18.3 Å². The normalized spacial score (nSPS) is 11.8. The first-order chi connectivity index (χ1) is 18.1. The number of aromatic nitrogens is 2. The molecule has 3 nitrogen and oxygen atoms in total. The summed E-state index contributed by atoms with van der Waals surface area (Å²) in [6.07, 6.45) is -4.65. The summed E-state index contributed by atoms with van der Waals surface area (Å²) in [5.41, 5.74) is -0.0168. The lowest BCUT2D eigenvalue weighted by Gasteiger charge is -2.12. The van der Waals surface area contributed by atoms with Crippen LogP contribution in [-0.4, -0.2) is 9.78 Å². The predicted molar refractivity (Wildman–Crippen MR) is 136 cm³/mol. The van der Waals surface area contributed by atoms with Gasteiger partial charge < -0.3 is 4.74 Å². The van der Waals surface area contributed by atoms with E-state index in [9.17, 15) is 22.0 Å². The summed E-state index contributed by atoms with van der Waals surface area (Å²) in [4.78, 5) is 0. The van der Waals surface area contributed by atoms with Gasteiger partial charge in [-0.15, -0.1) is 0 Å². The van der Waals surface area contributed by atoms with Crippen molar-refractivity contribution in [1.29, 1.82) is 0 Å². The van der Waals surface area contributed by atoms with Gasteiger partial charge in [-0.3, -0.25) is 4.68 Å². The second-order valence-corrected chi connectivity index (χ2v) is 9.30. The highest BCUT2D eigenvalue weighted by atomic mass is 35.5.